The van der Waals surface area contributed by atoms with E-state index in [0.717, 1.165) is 11.3 Å². The Labute approximate surface area is 203 Å². The van der Waals surface area contributed by atoms with Crippen LogP contribution in [0.15, 0.2) is 59.7 Å². The van der Waals surface area contributed by atoms with Crippen LogP contribution in [0.1, 0.15) is 5.56 Å². The van der Waals surface area contributed by atoms with Crippen molar-refractivity contribution in [3.63, 3.8) is 0 Å². The molecule has 2 aromatic rings. The highest BCUT2D eigenvalue weighted by Gasteiger charge is 2.55. The molecule has 0 saturated carbocycles. The summed E-state index contributed by atoms with van der Waals surface area (Å²) in [5.74, 6) is 1.49. The number of rotatable bonds is 7. The third kappa shape index (κ3) is 3.57. The number of carbonyl (C=O) groups excluding carboxylic acids is 2. The average molecular weight is 478 g/mol. The van der Waals surface area contributed by atoms with E-state index >= 15 is 0 Å². The lowest BCUT2D eigenvalue weighted by atomic mass is 10.1. The van der Waals surface area contributed by atoms with E-state index in [9.17, 15) is 9.59 Å². The first kappa shape index (κ1) is 22.7. The predicted molar refractivity (Wildman–Crippen MR) is 130 cm³/mol. The molecule has 3 aliphatic rings. The molecule has 0 radical (unpaired) electrons. The van der Waals surface area contributed by atoms with E-state index in [1.807, 2.05) is 64.5 Å². The van der Waals surface area contributed by atoms with Crippen LogP contribution in [0.2, 0.25) is 0 Å². The number of benzene rings is 2. The van der Waals surface area contributed by atoms with Crippen molar-refractivity contribution in [2.24, 2.45) is 4.99 Å². The van der Waals surface area contributed by atoms with E-state index in [0.29, 0.717) is 23.1 Å². The Bertz CT molecular complexity index is 1210. The Morgan fingerprint density at radius 2 is 1.77 bits per heavy atom. The van der Waals surface area contributed by atoms with Gasteiger partial charge >= 0.3 is 6.03 Å². The third-order valence-electron chi connectivity index (χ3n) is 6.43. The van der Waals surface area contributed by atoms with Gasteiger partial charge in [0, 0.05) is 32.0 Å². The number of amides is 3. The second-order valence-corrected chi connectivity index (χ2v) is 8.32. The van der Waals surface area contributed by atoms with Crippen LogP contribution in [0.3, 0.4) is 0 Å². The monoisotopic (exact) mass is 477 g/mol. The lowest BCUT2D eigenvalue weighted by molar-refractivity contribution is -0.137. The second kappa shape index (κ2) is 8.95. The molecular weight excluding hydrogens is 450 g/mol. The number of hydrogen-bond donors (Lipinski definition) is 0. The Hall–Kier alpha value is -4.05. The molecule has 2 unspecified atom stereocenters. The van der Waals surface area contributed by atoms with Crippen molar-refractivity contribution >= 4 is 29.3 Å². The van der Waals surface area contributed by atoms with E-state index in [2.05, 4.69) is 0 Å². The molecule has 3 amide bonds. The van der Waals surface area contributed by atoms with E-state index in [1.54, 1.807) is 21.3 Å². The van der Waals surface area contributed by atoms with Crippen molar-refractivity contribution in [2.75, 3.05) is 46.4 Å². The maximum atomic E-state index is 13.5. The van der Waals surface area contributed by atoms with E-state index in [-0.39, 0.29) is 19.1 Å². The molecule has 10 nitrogen and oxygen atoms in total. The summed E-state index contributed by atoms with van der Waals surface area (Å²) < 4.78 is 16.3. The maximum Gasteiger partial charge on any atom is 0.328 e. The maximum absolute atomic E-state index is 13.5. The van der Waals surface area contributed by atoms with Gasteiger partial charge in [0.2, 0.25) is 5.96 Å². The van der Waals surface area contributed by atoms with E-state index in [4.69, 9.17) is 19.2 Å². The second-order valence-electron chi connectivity index (χ2n) is 8.32. The fourth-order valence-corrected chi connectivity index (χ4v) is 4.64. The topological polar surface area (TPSA) is 87.2 Å². The molecule has 2 atom stereocenters. The van der Waals surface area contributed by atoms with Crippen molar-refractivity contribution in [2.45, 2.75) is 12.2 Å². The smallest absolute Gasteiger partial charge is 0.328 e. The van der Waals surface area contributed by atoms with Crippen LogP contribution in [-0.2, 0) is 9.53 Å². The highest BCUT2D eigenvalue weighted by molar-refractivity contribution is 6.16. The van der Waals surface area contributed by atoms with Crippen LogP contribution < -0.4 is 14.4 Å². The number of carbonyl (C=O) groups is 2. The van der Waals surface area contributed by atoms with Crippen LogP contribution in [-0.4, -0.2) is 86.3 Å². The van der Waals surface area contributed by atoms with Crippen molar-refractivity contribution in [3.8, 4) is 11.5 Å². The van der Waals surface area contributed by atoms with Gasteiger partial charge in [-0.15, -0.1) is 0 Å². The number of aliphatic imine (C=N–C) groups is 1. The number of anilines is 1. The number of likely N-dealkylation sites (N-methyl/N-ethyl adjacent to an activating group) is 1. The van der Waals surface area contributed by atoms with Gasteiger partial charge in [0.15, 0.2) is 12.2 Å². The molecule has 0 aromatic heterocycles. The zero-order valence-corrected chi connectivity index (χ0v) is 20.0. The molecule has 0 aliphatic carbocycles. The normalized spacial score (nSPS) is 21.1. The lowest BCUT2D eigenvalue weighted by Crippen LogP contribution is -2.64. The molecule has 3 aliphatic heterocycles. The zero-order chi connectivity index (χ0) is 24.7. The van der Waals surface area contributed by atoms with E-state index < -0.39 is 18.2 Å². The first-order valence-corrected chi connectivity index (χ1v) is 11.2. The fourth-order valence-electron chi connectivity index (χ4n) is 4.64. The number of ether oxygens (including phenoxy) is 3. The summed E-state index contributed by atoms with van der Waals surface area (Å²) in [5.41, 5.74) is 2.47. The summed E-state index contributed by atoms with van der Waals surface area (Å²) in [7, 11) is 6.41. The summed E-state index contributed by atoms with van der Waals surface area (Å²) in [6, 6.07) is 14.3. The Kier molecular flexibility index (Phi) is 5.81. The molecule has 5 rings (SSSR count). The molecule has 2 aromatic carbocycles. The molecule has 0 N–H and O–H groups in total. The SMILES string of the molecule is COCCN1C(=O)C2C(N=C3N(c4cc(OC)ccc4OC)C(c4ccccc4)=CN32)N(C)C1=O. The summed E-state index contributed by atoms with van der Waals surface area (Å²) >= 11 is 0. The Morgan fingerprint density at radius 1 is 1.00 bits per heavy atom. The Morgan fingerprint density at radius 3 is 2.46 bits per heavy atom. The van der Waals surface area contributed by atoms with Gasteiger partial charge in [0.25, 0.3) is 5.91 Å². The van der Waals surface area contributed by atoms with Crippen LogP contribution >= 0.6 is 0 Å². The summed E-state index contributed by atoms with van der Waals surface area (Å²) in [6.07, 6.45) is 1.25. The van der Waals surface area contributed by atoms with Gasteiger partial charge in [-0.2, -0.15) is 0 Å². The highest BCUT2D eigenvalue weighted by atomic mass is 16.5. The van der Waals surface area contributed by atoms with Gasteiger partial charge < -0.3 is 19.1 Å². The van der Waals surface area contributed by atoms with Crippen molar-refractivity contribution in [1.82, 2.24) is 14.7 Å². The predicted octanol–water partition coefficient (Wildman–Crippen LogP) is 2.43. The molecular formula is C25H27N5O5. The number of imide groups is 1. The number of nitrogens with zero attached hydrogens (tertiary/aromatic N) is 5. The quantitative estimate of drug-likeness (QED) is 0.605. The summed E-state index contributed by atoms with van der Waals surface area (Å²) in [4.78, 5) is 37.9. The van der Waals surface area contributed by atoms with Crippen molar-refractivity contribution in [3.05, 3.63) is 60.3 Å². The fraction of sp³-hybridized carbons (Fsp3) is 0.320. The van der Waals surface area contributed by atoms with Gasteiger partial charge in [-0.1, -0.05) is 30.3 Å². The first-order valence-electron chi connectivity index (χ1n) is 11.2. The molecule has 1 fully saturated rings. The number of fused-ring (bicyclic) bond motifs is 3. The molecule has 0 spiro atoms. The van der Waals surface area contributed by atoms with Gasteiger partial charge in [0.05, 0.1) is 38.8 Å². The van der Waals surface area contributed by atoms with E-state index in [1.165, 1.54) is 16.9 Å². The first-order chi connectivity index (χ1) is 17.0. The minimum absolute atomic E-state index is 0.174. The minimum Gasteiger partial charge on any atom is -0.497 e. The highest BCUT2D eigenvalue weighted by Crippen LogP contribution is 2.44. The van der Waals surface area contributed by atoms with Crippen molar-refractivity contribution in [1.29, 1.82) is 0 Å². The van der Waals surface area contributed by atoms with Crippen LogP contribution in [0, 0.1) is 0 Å². The largest absolute Gasteiger partial charge is 0.497 e. The minimum atomic E-state index is -0.690. The molecule has 182 valence electrons. The van der Waals surface area contributed by atoms with Crippen molar-refractivity contribution < 1.29 is 23.8 Å². The van der Waals surface area contributed by atoms with Crippen LogP contribution in [0.4, 0.5) is 10.5 Å². The number of guanidine groups is 1. The number of urea groups is 1. The number of methoxy groups -OCH3 is 3. The van der Waals surface area contributed by atoms with Gasteiger partial charge in [-0.25, -0.2) is 9.79 Å². The standard InChI is InChI=1S/C25H27N5O5/c1-27-22-21(23(31)28(25(27)32)12-13-33-2)29-15-19(16-8-6-5-7-9-16)30(24(29)26-22)18-14-17(34-3)10-11-20(18)35-4/h5-11,14-15,21-22H,12-13H2,1-4H3. The lowest BCUT2D eigenvalue weighted by Gasteiger charge is -2.40. The molecule has 35 heavy (non-hydrogen) atoms. The molecule has 3 heterocycles. The zero-order valence-electron chi connectivity index (χ0n) is 20.0. The molecule has 1 saturated heterocycles. The Balaban J connectivity index is 1.64. The molecule has 0 bridgehead atoms. The van der Waals surface area contributed by atoms with Gasteiger partial charge in [-0.05, 0) is 12.1 Å². The van der Waals surface area contributed by atoms with Crippen LogP contribution in [0.5, 0.6) is 11.5 Å². The van der Waals surface area contributed by atoms with Gasteiger partial charge in [0.1, 0.15) is 11.5 Å². The average Bonchev–Trinajstić information content (AvgIpc) is 3.44. The summed E-state index contributed by atoms with van der Waals surface area (Å²) in [6.45, 7) is 0.433. The van der Waals surface area contributed by atoms with Crippen LogP contribution in [0.25, 0.3) is 5.70 Å². The third-order valence-corrected chi connectivity index (χ3v) is 6.43. The van der Waals surface area contributed by atoms with Gasteiger partial charge in [-0.3, -0.25) is 19.5 Å². The molecule has 10 heteroatoms. The number of hydrogen-bond acceptors (Lipinski definition) is 8. The summed E-state index contributed by atoms with van der Waals surface area (Å²) in [5, 5.41) is 0.